The van der Waals surface area contributed by atoms with Crippen LogP contribution in [0.2, 0.25) is 0 Å². The molecular weight excluding hydrogens is 379 g/mol. The molecule has 1 aromatic carbocycles. The number of benzene rings is 1. The van der Waals surface area contributed by atoms with Crippen LogP contribution < -0.4 is 0 Å². The van der Waals surface area contributed by atoms with Crippen LogP contribution in [0.1, 0.15) is 11.1 Å². The smallest absolute Gasteiger partial charge is 0.300 e. The Kier molecular flexibility index (Phi) is 6.21. The Labute approximate surface area is 148 Å². The van der Waals surface area contributed by atoms with E-state index in [9.17, 15) is 31.7 Å². The van der Waals surface area contributed by atoms with Gasteiger partial charge in [0.05, 0.1) is 16.2 Å². The minimum absolute atomic E-state index is 0.0149. The molecule has 146 valence electrons. The van der Waals surface area contributed by atoms with Crippen LogP contribution >= 0.6 is 0 Å². The lowest BCUT2D eigenvalue weighted by molar-refractivity contribution is -0.385. The zero-order chi connectivity index (χ0) is 19.5. The lowest BCUT2D eigenvalue weighted by Crippen LogP contribution is -2.47. The van der Waals surface area contributed by atoms with Crippen molar-refractivity contribution in [3.8, 4) is 0 Å². The molecule has 0 spiro atoms. The monoisotopic (exact) mass is 397 g/mol. The Hall–Kier alpha value is -1.76. The molecule has 0 radical (unpaired) electrons. The average molecular weight is 397 g/mol. The van der Waals surface area contributed by atoms with Crippen LogP contribution in [0.25, 0.3) is 0 Å². The van der Waals surface area contributed by atoms with Gasteiger partial charge in [0, 0.05) is 51.4 Å². The quantitative estimate of drug-likeness (QED) is 0.442. The fourth-order valence-corrected chi connectivity index (χ4v) is 3.23. The van der Waals surface area contributed by atoms with Gasteiger partial charge in [0.1, 0.15) is 0 Å². The van der Waals surface area contributed by atoms with Gasteiger partial charge in [-0.05, 0) is 5.56 Å². The first-order valence-electron chi connectivity index (χ1n) is 7.70. The molecule has 1 aromatic rings. The summed E-state index contributed by atoms with van der Waals surface area (Å²) < 4.78 is 69.8. The first-order valence-corrected chi connectivity index (χ1v) is 9.31. The molecule has 0 aromatic heterocycles. The van der Waals surface area contributed by atoms with E-state index in [2.05, 4.69) is 0 Å². The van der Waals surface area contributed by atoms with E-state index >= 15 is 0 Å². The third-order valence-corrected chi connectivity index (χ3v) is 4.83. The third-order valence-electron chi connectivity index (χ3n) is 4.13. The summed E-state index contributed by atoms with van der Waals surface area (Å²) in [6, 6.07) is 2.70. The SMILES string of the molecule is O=[N+]([O-])c1ccc(CN2CCN(CCS(=O)(=O)O)CC2)c(C(F)(F)F)c1. The Morgan fingerprint density at radius 2 is 1.73 bits per heavy atom. The van der Waals surface area contributed by atoms with Gasteiger partial charge in [-0.1, -0.05) is 6.07 Å². The Morgan fingerprint density at radius 1 is 1.15 bits per heavy atom. The molecule has 0 bridgehead atoms. The van der Waals surface area contributed by atoms with Crippen molar-refractivity contribution in [3.05, 3.63) is 39.4 Å². The van der Waals surface area contributed by atoms with Crippen molar-refractivity contribution in [1.29, 1.82) is 0 Å². The second-order valence-electron chi connectivity index (χ2n) is 6.00. The maximum Gasteiger partial charge on any atom is 0.416 e. The molecule has 0 saturated carbocycles. The van der Waals surface area contributed by atoms with Crippen LogP contribution in [0.4, 0.5) is 18.9 Å². The molecule has 0 unspecified atom stereocenters. The number of hydrogen-bond acceptors (Lipinski definition) is 6. The molecule has 26 heavy (non-hydrogen) atoms. The lowest BCUT2D eigenvalue weighted by atomic mass is 10.0. The van der Waals surface area contributed by atoms with E-state index in [4.69, 9.17) is 4.55 Å². The Morgan fingerprint density at radius 3 is 2.23 bits per heavy atom. The molecule has 1 N–H and O–H groups in total. The normalized spacial score (nSPS) is 17.4. The summed E-state index contributed by atoms with van der Waals surface area (Å²) in [5, 5.41) is 10.7. The van der Waals surface area contributed by atoms with Gasteiger partial charge < -0.3 is 0 Å². The molecule has 1 fully saturated rings. The molecule has 0 amide bonds. The van der Waals surface area contributed by atoms with Crippen LogP contribution in [-0.2, 0) is 22.8 Å². The summed E-state index contributed by atoms with van der Waals surface area (Å²) in [6.45, 7) is 1.87. The van der Waals surface area contributed by atoms with Gasteiger partial charge in [-0.25, -0.2) is 0 Å². The van der Waals surface area contributed by atoms with Gasteiger partial charge in [0.15, 0.2) is 0 Å². The number of non-ortho nitro benzene ring substituents is 1. The average Bonchev–Trinajstić information content (AvgIpc) is 2.52. The maximum atomic E-state index is 13.2. The summed E-state index contributed by atoms with van der Waals surface area (Å²) in [5.41, 5.74) is -1.69. The molecule has 0 atom stereocenters. The van der Waals surface area contributed by atoms with Gasteiger partial charge in [0.2, 0.25) is 0 Å². The summed E-state index contributed by atoms with van der Waals surface area (Å²) in [4.78, 5) is 13.4. The van der Waals surface area contributed by atoms with E-state index in [0.29, 0.717) is 32.2 Å². The van der Waals surface area contributed by atoms with Crippen molar-refractivity contribution < 1.29 is 31.1 Å². The van der Waals surface area contributed by atoms with Crippen molar-refractivity contribution in [2.45, 2.75) is 12.7 Å². The first kappa shape index (κ1) is 20.6. The van der Waals surface area contributed by atoms with Gasteiger partial charge in [-0.15, -0.1) is 0 Å². The highest BCUT2D eigenvalue weighted by Gasteiger charge is 2.35. The number of nitrogens with zero attached hydrogens (tertiary/aromatic N) is 3. The lowest BCUT2D eigenvalue weighted by Gasteiger charge is -2.34. The van der Waals surface area contributed by atoms with E-state index < -0.39 is 38.2 Å². The maximum absolute atomic E-state index is 13.2. The predicted molar refractivity (Wildman–Crippen MR) is 86.2 cm³/mol. The van der Waals surface area contributed by atoms with E-state index in [1.54, 1.807) is 9.80 Å². The fraction of sp³-hybridized carbons (Fsp3) is 0.571. The van der Waals surface area contributed by atoms with E-state index in [1.165, 1.54) is 0 Å². The Balaban J connectivity index is 2.02. The molecular formula is C14H18F3N3O5S. The fourth-order valence-electron chi connectivity index (χ4n) is 2.74. The highest BCUT2D eigenvalue weighted by Crippen LogP contribution is 2.35. The number of nitro benzene ring substituents is 1. The minimum Gasteiger partial charge on any atom is -0.300 e. The third kappa shape index (κ3) is 5.90. The van der Waals surface area contributed by atoms with E-state index in [0.717, 1.165) is 12.1 Å². The molecule has 1 heterocycles. The standard InChI is InChI=1S/C14H18F3N3O5S/c15-14(16,17)13-9-12(20(21)22)2-1-11(13)10-19-5-3-18(4-6-19)7-8-26(23,24)25/h1-2,9H,3-8,10H2,(H,23,24,25). The number of hydrogen-bond donors (Lipinski definition) is 1. The number of rotatable bonds is 6. The largest absolute Gasteiger partial charge is 0.416 e. The minimum atomic E-state index is -4.70. The number of nitro groups is 1. The zero-order valence-electron chi connectivity index (χ0n) is 13.6. The van der Waals surface area contributed by atoms with Crippen molar-refractivity contribution in [1.82, 2.24) is 9.80 Å². The van der Waals surface area contributed by atoms with Crippen LogP contribution in [-0.4, -0.2) is 66.2 Å². The highest BCUT2D eigenvalue weighted by atomic mass is 32.2. The molecule has 1 aliphatic heterocycles. The zero-order valence-corrected chi connectivity index (χ0v) is 14.5. The van der Waals surface area contributed by atoms with Crippen LogP contribution in [0.3, 0.4) is 0 Å². The molecule has 12 heteroatoms. The van der Waals surface area contributed by atoms with Crippen LogP contribution in [0.5, 0.6) is 0 Å². The number of piperazine rings is 1. The van der Waals surface area contributed by atoms with Gasteiger partial charge in [-0.2, -0.15) is 21.6 Å². The number of halogens is 3. The summed E-state index contributed by atoms with van der Waals surface area (Å²) >= 11 is 0. The highest BCUT2D eigenvalue weighted by molar-refractivity contribution is 7.85. The molecule has 0 aliphatic carbocycles. The van der Waals surface area contributed by atoms with Crippen LogP contribution in [0, 0.1) is 10.1 Å². The number of alkyl halides is 3. The Bertz CT molecular complexity index is 762. The van der Waals surface area contributed by atoms with Crippen molar-refractivity contribution in [3.63, 3.8) is 0 Å². The van der Waals surface area contributed by atoms with Crippen molar-refractivity contribution >= 4 is 15.8 Å². The van der Waals surface area contributed by atoms with Gasteiger partial charge >= 0.3 is 6.18 Å². The van der Waals surface area contributed by atoms with Crippen molar-refractivity contribution in [2.75, 3.05) is 38.5 Å². The van der Waals surface area contributed by atoms with E-state index in [-0.39, 0.29) is 18.7 Å². The van der Waals surface area contributed by atoms with Gasteiger partial charge in [-0.3, -0.25) is 24.5 Å². The summed E-state index contributed by atoms with van der Waals surface area (Å²) in [7, 11) is -4.05. The topological polar surface area (TPSA) is 104 Å². The summed E-state index contributed by atoms with van der Waals surface area (Å²) in [6.07, 6.45) is -4.70. The van der Waals surface area contributed by atoms with Crippen molar-refractivity contribution in [2.24, 2.45) is 0 Å². The second kappa shape index (κ2) is 7.86. The molecule has 8 nitrogen and oxygen atoms in total. The molecule has 1 saturated heterocycles. The molecule has 1 aliphatic rings. The predicted octanol–water partition coefficient (Wildman–Crippen LogP) is 1.62. The summed E-state index contributed by atoms with van der Waals surface area (Å²) in [5.74, 6) is -0.395. The van der Waals surface area contributed by atoms with Gasteiger partial charge in [0.25, 0.3) is 15.8 Å². The van der Waals surface area contributed by atoms with E-state index in [1.807, 2.05) is 0 Å². The molecule has 2 rings (SSSR count). The van der Waals surface area contributed by atoms with Crippen LogP contribution in [0.15, 0.2) is 18.2 Å². The first-order chi connectivity index (χ1) is 12.0. The second-order valence-corrected chi connectivity index (χ2v) is 7.57.